The highest BCUT2D eigenvalue weighted by Gasteiger charge is 2.33. The topological polar surface area (TPSA) is 69.5 Å². The van der Waals surface area contributed by atoms with E-state index in [1.807, 2.05) is 22.6 Å². The van der Waals surface area contributed by atoms with Gasteiger partial charge in [0.25, 0.3) is 0 Å². The highest BCUT2D eigenvalue weighted by molar-refractivity contribution is 7.99. The number of thioether (sulfide) groups is 1. The van der Waals surface area contributed by atoms with Crippen LogP contribution in [0.1, 0.15) is 25.3 Å². The predicted octanol–water partition coefficient (Wildman–Crippen LogP) is 2.51. The molecule has 1 fully saturated rings. The predicted molar refractivity (Wildman–Crippen MR) is 102 cm³/mol. The number of aromatic nitrogens is 3. The van der Waals surface area contributed by atoms with Crippen LogP contribution in [0.15, 0.2) is 29.7 Å². The first-order chi connectivity index (χ1) is 13.0. The fourth-order valence-electron chi connectivity index (χ4n) is 3.84. The number of ether oxygens (including phenoxy) is 2. The normalized spacial score (nSPS) is 21.5. The Labute approximate surface area is 163 Å². The molecule has 1 amide bonds. The number of aryl methyl sites for hydroxylation is 1. The van der Waals surface area contributed by atoms with Crippen molar-refractivity contribution in [3.05, 3.63) is 30.1 Å². The van der Waals surface area contributed by atoms with Crippen molar-refractivity contribution in [1.82, 2.24) is 19.7 Å². The quantitative estimate of drug-likeness (QED) is 0.733. The lowest BCUT2D eigenvalue weighted by molar-refractivity contribution is -0.131. The molecule has 0 bridgehead atoms. The molecule has 3 heterocycles. The van der Waals surface area contributed by atoms with Crippen LogP contribution >= 0.6 is 11.8 Å². The smallest absolute Gasteiger partial charge is 0.233 e. The van der Waals surface area contributed by atoms with Gasteiger partial charge in [-0.15, -0.1) is 10.2 Å². The number of hydrogen-bond acceptors (Lipinski definition) is 6. The molecule has 1 atom stereocenters. The maximum absolute atomic E-state index is 12.7. The molecule has 144 valence electrons. The average Bonchev–Trinajstić information content (AvgIpc) is 3.27. The van der Waals surface area contributed by atoms with Gasteiger partial charge in [0.2, 0.25) is 12.7 Å². The monoisotopic (exact) mass is 388 g/mol. The van der Waals surface area contributed by atoms with Gasteiger partial charge >= 0.3 is 0 Å². The van der Waals surface area contributed by atoms with Gasteiger partial charge < -0.3 is 18.9 Å². The van der Waals surface area contributed by atoms with Gasteiger partial charge in [-0.2, -0.15) is 0 Å². The third-order valence-electron chi connectivity index (χ3n) is 5.20. The van der Waals surface area contributed by atoms with Gasteiger partial charge in [-0.3, -0.25) is 4.79 Å². The number of benzene rings is 1. The Bertz CT molecular complexity index is 840. The molecule has 0 N–H and O–H groups in total. The van der Waals surface area contributed by atoms with Crippen LogP contribution in [0.25, 0.3) is 0 Å². The van der Waals surface area contributed by atoms with Crippen LogP contribution < -0.4 is 9.47 Å². The number of rotatable bonds is 5. The molecule has 0 unspecified atom stereocenters. The van der Waals surface area contributed by atoms with Crippen molar-refractivity contribution in [2.75, 3.05) is 25.6 Å². The lowest BCUT2D eigenvalue weighted by Gasteiger charge is -2.40. The number of carbonyl (C=O) groups is 1. The number of piperidine rings is 1. The molecule has 8 heteroatoms. The first-order valence-electron chi connectivity index (χ1n) is 9.16. The summed E-state index contributed by atoms with van der Waals surface area (Å²) in [4.78, 5) is 14.7. The van der Waals surface area contributed by atoms with Crippen LogP contribution in [0.3, 0.4) is 0 Å². The van der Waals surface area contributed by atoms with Crippen LogP contribution in [0.5, 0.6) is 11.5 Å². The molecule has 2 aliphatic heterocycles. The van der Waals surface area contributed by atoms with Gasteiger partial charge in [-0.1, -0.05) is 24.8 Å². The van der Waals surface area contributed by atoms with Crippen molar-refractivity contribution >= 4 is 17.7 Å². The summed E-state index contributed by atoms with van der Waals surface area (Å²) in [6.07, 6.45) is 4.71. The highest BCUT2D eigenvalue weighted by Crippen LogP contribution is 2.37. The van der Waals surface area contributed by atoms with Crippen LogP contribution in [0.4, 0.5) is 0 Å². The molecule has 1 saturated heterocycles. The van der Waals surface area contributed by atoms with Crippen LogP contribution in [0.2, 0.25) is 0 Å². The maximum atomic E-state index is 12.7. The first-order valence-corrected chi connectivity index (χ1v) is 10.1. The lowest BCUT2D eigenvalue weighted by Crippen LogP contribution is -2.46. The molecule has 2 aromatic rings. The largest absolute Gasteiger partial charge is 0.454 e. The molecule has 0 saturated carbocycles. The first kappa shape index (κ1) is 18.2. The Balaban J connectivity index is 1.37. The molecule has 1 aromatic carbocycles. The van der Waals surface area contributed by atoms with Crippen LogP contribution in [-0.2, 0) is 18.3 Å². The Kier molecular flexibility index (Phi) is 4.99. The second-order valence-electron chi connectivity index (χ2n) is 7.61. The second kappa shape index (κ2) is 7.42. The Morgan fingerprint density at radius 2 is 2.19 bits per heavy atom. The van der Waals surface area contributed by atoms with Crippen molar-refractivity contribution < 1.29 is 14.3 Å². The van der Waals surface area contributed by atoms with E-state index in [-0.39, 0.29) is 11.3 Å². The summed E-state index contributed by atoms with van der Waals surface area (Å²) in [5, 5.41) is 8.65. The van der Waals surface area contributed by atoms with E-state index in [2.05, 4.69) is 29.3 Å². The average molecular weight is 388 g/mol. The van der Waals surface area contributed by atoms with Crippen LogP contribution in [0, 0.1) is 5.41 Å². The molecule has 0 radical (unpaired) electrons. The summed E-state index contributed by atoms with van der Waals surface area (Å²) >= 11 is 1.44. The van der Waals surface area contributed by atoms with Crippen molar-refractivity contribution in [3.63, 3.8) is 0 Å². The van der Waals surface area contributed by atoms with E-state index in [1.165, 1.54) is 17.3 Å². The molecule has 1 aromatic heterocycles. The molecule has 2 aliphatic rings. The van der Waals surface area contributed by atoms with E-state index < -0.39 is 0 Å². The number of amides is 1. The summed E-state index contributed by atoms with van der Waals surface area (Å²) in [5.41, 5.74) is 1.29. The number of likely N-dealkylation sites (tertiary alicyclic amines) is 1. The summed E-state index contributed by atoms with van der Waals surface area (Å²) < 4.78 is 12.7. The number of hydrogen-bond donors (Lipinski definition) is 0. The van der Waals surface area contributed by atoms with E-state index >= 15 is 0 Å². The van der Waals surface area contributed by atoms with Crippen LogP contribution in [-0.4, -0.2) is 51.2 Å². The second-order valence-corrected chi connectivity index (χ2v) is 8.55. The molecular weight excluding hydrogens is 364 g/mol. The van der Waals surface area contributed by atoms with E-state index in [1.54, 1.807) is 6.33 Å². The van der Waals surface area contributed by atoms with Gasteiger partial charge in [-0.05, 0) is 42.4 Å². The summed E-state index contributed by atoms with van der Waals surface area (Å²) in [7, 11) is 1.89. The third-order valence-corrected chi connectivity index (χ3v) is 6.22. The highest BCUT2D eigenvalue weighted by atomic mass is 32.2. The summed E-state index contributed by atoms with van der Waals surface area (Å²) in [5.74, 6) is 2.19. The standard InChI is InChI=1S/C19H24N4O3S/c1-19(9-14-4-5-15-16(8-14)26-13-25-15)6-3-7-23(11-19)17(24)10-27-18-21-20-12-22(18)2/h4-5,8,12H,3,6-7,9-11,13H2,1-2H3/t19-/m1/s1. The zero-order valence-electron chi connectivity index (χ0n) is 15.7. The van der Waals surface area contributed by atoms with E-state index in [4.69, 9.17) is 9.47 Å². The lowest BCUT2D eigenvalue weighted by atomic mass is 9.77. The van der Waals surface area contributed by atoms with Gasteiger partial charge in [0.05, 0.1) is 5.75 Å². The fraction of sp³-hybridized carbons (Fsp3) is 0.526. The van der Waals surface area contributed by atoms with E-state index in [9.17, 15) is 4.79 Å². The Hall–Kier alpha value is -2.22. The number of carbonyl (C=O) groups excluding carboxylic acids is 1. The zero-order valence-corrected chi connectivity index (χ0v) is 16.5. The number of nitrogens with zero attached hydrogens (tertiary/aromatic N) is 4. The summed E-state index contributed by atoms with van der Waals surface area (Å²) in [6.45, 7) is 4.17. The van der Waals surface area contributed by atoms with Gasteiger partial charge in [-0.25, -0.2) is 0 Å². The Morgan fingerprint density at radius 3 is 3.00 bits per heavy atom. The van der Waals surface area contributed by atoms with Crippen molar-refractivity contribution in [1.29, 1.82) is 0 Å². The van der Waals surface area contributed by atoms with E-state index in [0.717, 1.165) is 49.0 Å². The minimum Gasteiger partial charge on any atom is -0.454 e. The fourth-order valence-corrected chi connectivity index (χ4v) is 4.63. The van der Waals surface area contributed by atoms with Crippen molar-refractivity contribution in [2.24, 2.45) is 12.5 Å². The minimum atomic E-state index is 0.0665. The summed E-state index contributed by atoms with van der Waals surface area (Å²) in [6, 6.07) is 6.14. The SMILES string of the molecule is Cn1cnnc1SCC(=O)N1CCC[C@](C)(Cc2ccc3c(c2)OCO3)C1. The van der Waals surface area contributed by atoms with Crippen molar-refractivity contribution in [2.45, 2.75) is 31.3 Å². The third kappa shape index (κ3) is 4.05. The van der Waals surface area contributed by atoms with Gasteiger partial charge in [0.15, 0.2) is 16.7 Å². The van der Waals surface area contributed by atoms with Gasteiger partial charge in [0.1, 0.15) is 6.33 Å². The number of fused-ring (bicyclic) bond motifs is 1. The molecule has 0 aliphatic carbocycles. The Morgan fingerprint density at radius 1 is 1.33 bits per heavy atom. The molecular formula is C19H24N4O3S. The minimum absolute atomic E-state index is 0.0665. The molecule has 0 spiro atoms. The zero-order chi connectivity index (χ0) is 18.9. The molecule has 27 heavy (non-hydrogen) atoms. The van der Waals surface area contributed by atoms with Crippen molar-refractivity contribution in [3.8, 4) is 11.5 Å². The van der Waals surface area contributed by atoms with Gasteiger partial charge in [0, 0.05) is 20.1 Å². The molecule has 7 nitrogen and oxygen atoms in total. The maximum Gasteiger partial charge on any atom is 0.233 e. The van der Waals surface area contributed by atoms with E-state index in [0.29, 0.717) is 12.5 Å². The molecule has 4 rings (SSSR count).